The van der Waals surface area contributed by atoms with Crippen molar-refractivity contribution < 1.29 is 8.42 Å². The molecule has 0 saturated carbocycles. The molecule has 8 heteroatoms. The van der Waals surface area contributed by atoms with E-state index >= 15 is 0 Å². The second kappa shape index (κ2) is 5.93. The molecule has 0 aliphatic heterocycles. The maximum Gasteiger partial charge on any atom is 0.264 e. The number of halogens is 3. The lowest BCUT2D eigenvalue weighted by Gasteiger charge is -2.21. The summed E-state index contributed by atoms with van der Waals surface area (Å²) in [5.41, 5.74) is 6.37. The van der Waals surface area contributed by atoms with Gasteiger partial charge in [0, 0.05) is 22.1 Å². The fourth-order valence-electron chi connectivity index (χ4n) is 1.75. The van der Waals surface area contributed by atoms with Gasteiger partial charge in [-0.3, -0.25) is 4.31 Å². The van der Waals surface area contributed by atoms with Gasteiger partial charge in [-0.1, -0.05) is 34.8 Å². The number of hydrogen-bond acceptors (Lipinski definition) is 3. The molecule has 112 valence electrons. The molecular weight excluding hydrogens is 355 g/mol. The van der Waals surface area contributed by atoms with Crippen LogP contribution in [0.25, 0.3) is 0 Å². The predicted molar refractivity (Wildman–Crippen MR) is 87.9 cm³/mol. The Morgan fingerprint density at radius 1 is 0.952 bits per heavy atom. The van der Waals surface area contributed by atoms with E-state index < -0.39 is 10.0 Å². The molecule has 4 nitrogen and oxygen atoms in total. The largest absolute Gasteiger partial charge is 0.397 e. The van der Waals surface area contributed by atoms with Crippen LogP contribution in [0.5, 0.6) is 0 Å². The van der Waals surface area contributed by atoms with E-state index in [2.05, 4.69) is 0 Å². The van der Waals surface area contributed by atoms with Crippen molar-refractivity contribution in [1.82, 2.24) is 0 Å². The van der Waals surface area contributed by atoms with E-state index in [1.807, 2.05) is 0 Å². The molecule has 0 aliphatic carbocycles. The minimum atomic E-state index is -3.85. The van der Waals surface area contributed by atoms with E-state index in [0.717, 1.165) is 4.31 Å². The Morgan fingerprint density at radius 2 is 1.52 bits per heavy atom. The average molecular weight is 366 g/mol. The first kappa shape index (κ1) is 16.2. The van der Waals surface area contributed by atoms with Crippen LogP contribution in [0.2, 0.25) is 15.1 Å². The quantitative estimate of drug-likeness (QED) is 0.834. The third-order valence-electron chi connectivity index (χ3n) is 2.83. The highest BCUT2D eigenvalue weighted by Gasteiger charge is 2.24. The molecule has 0 amide bonds. The Balaban J connectivity index is 2.55. The van der Waals surface area contributed by atoms with Gasteiger partial charge in [0.05, 0.1) is 16.3 Å². The molecule has 2 N–H and O–H groups in total. The van der Waals surface area contributed by atoms with Crippen molar-refractivity contribution in [2.45, 2.75) is 4.90 Å². The lowest BCUT2D eigenvalue weighted by atomic mass is 10.3. The summed E-state index contributed by atoms with van der Waals surface area (Å²) in [7, 11) is -2.47. The standard InChI is InChI=1S/C13H11Cl3N2O2S/c1-18(13-7-8(14)2-3-12(13)17)21(19,20)11-5-9(15)4-10(16)6-11/h2-7H,17H2,1H3. The number of nitrogens with two attached hydrogens (primary N) is 1. The van der Waals surface area contributed by atoms with Crippen molar-refractivity contribution >= 4 is 56.2 Å². The Hall–Kier alpha value is -1.14. The Bertz CT molecular complexity index is 774. The van der Waals surface area contributed by atoms with E-state index in [9.17, 15) is 8.42 Å². The molecule has 2 rings (SSSR count). The van der Waals surface area contributed by atoms with Crippen LogP contribution in [0.1, 0.15) is 0 Å². The first-order chi connectivity index (χ1) is 9.71. The maximum atomic E-state index is 12.6. The van der Waals surface area contributed by atoms with Crippen molar-refractivity contribution in [3.05, 3.63) is 51.5 Å². The smallest absolute Gasteiger partial charge is 0.264 e. The van der Waals surface area contributed by atoms with E-state index in [4.69, 9.17) is 40.5 Å². The van der Waals surface area contributed by atoms with Gasteiger partial charge in [0.1, 0.15) is 0 Å². The number of nitrogen functional groups attached to an aromatic ring is 1. The molecule has 0 saturated heterocycles. The van der Waals surface area contributed by atoms with Crippen LogP contribution >= 0.6 is 34.8 Å². The molecule has 21 heavy (non-hydrogen) atoms. The van der Waals surface area contributed by atoms with Crippen molar-refractivity contribution in [1.29, 1.82) is 0 Å². The van der Waals surface area contributed by atoms with Gasteiger partial charge in [-0.2, -0.15) is 0 Å². The third-order valence-corrected chi connectivity index (χ3v) is 5.25. The summed E-state index contributed by atoms with van der Waals surface area (Å²) in [4.78, 5) is -0.0260. The van der Waals surface area contributed by atoms with Gasteiger partial charge < -0.3 is 5.73 Å². The Labute approximate surface area is 138 Å². The third kappa shape index (κ3) is 3.37. The van der Waals surface area contributed by atoms with Crippen LogP contribution in [-0.4, -0.2) is 15.5 Å². The fourth-order valence-corrected chi connectivity index (χ4v) is 3.86. The van der Waals surface area contributed by atoms with E-state index in [1.54, 1.807) is 6.07 Å². The summed E-state index contributed by atoms with van der Waals surface area (Å²) < 4.78 is 26.3. The lowest BCUT2D eigenvalue weighted by molar-refractivity contribution is 0.594. The molecule has 0 bridgehead atoms. The zero-order valence-electron chi connectivity index (χ0n) is 10.8. The van der Waals surface area contributed by atoms with Gasteiger partial charge >= 0.3 is 0 Å². The van der Waals surface area contributed by atoms with Gasteiger partial charge in [-0.25, -0.2) is 8.42 Å². The van der Waals surface area contributed by atoms with Crippen LogP contribution in [-0.2, 0) is 10.0 Å². The molecule has 2 aromatic carbocycles. The van der Waals surface area contributed by atoms with E-state index in [-0.39, 0.29) is 20.6 Å². The number of benzene rings is 2. The van der Waals surface area contributed by atoms with Gasteiger partial charge in [0.2, 0.25) is 0 Å². The summed E-state index contributed by atoms with van der Waals surface area (Å²) in [6.45, 7) is 0. The second-order valence-electron chi connectivity index (χ2n) is 4.28. The SMILES string of the molecule is CN(c1cc(Cl)ccc1N)S(=O)(=O)c1cc(Cl)cc(Cl)c1. The van der Waals surface area contributed by atoms with Crippen LogP contribution in [0.3, 0.4) is 0 Å². The summed E-state index contributed by atoms with van der Waals surface area (Å²) >= 11 is 17.6. The van der Waals surface area contributed by atoms with E-state index in [0.29, 0.717) is 10.7 Å². The first-order valence-electron chi connectivity index (χ1n) is 5.72. The van der Waals surface area contributed by atoms with E-state index in [1.165, 1.54) is 37.4 Å². The molecule has 0 heterocycles. The second-order valence-corrected chi connectivity index (χ2v) is 7.56. The number of anilines is 2. The molecular formula is C13H11Cl3N2O2S. The van der Waals surface area contributed by atoms with Crippen molar-refractivity contribution in [2.24, 2.45) is 0 Å². The minimum absolute atomic E-state index is 0.0260. The van der Waals surface area contributed by atoms with Gasteiger partial charge in [0.25, 0.3) is 10.0 Å². The van der Waals surface area contributed by atoms with Crippen molar-refractivity contribution in [3.63, 3.8) is 0 Å². The predicted octanol–water partition coefficient (Wildman–Crippen LogP) is 4.05. The number of rotatable bonds is 3. The zero-order valence-corrected chi connectivity index (χ0v) is 13.9. The first-order valence-corrected chi connectivity index (χ1v) is 8.29. The number of nitrogens with zero attached hydrogens (tertiary/aromatic N) is 1. The molecule has 0 aliphatic rings. The highest BCUT2D eigenvalue weighted by molar-refractivity contribution is 7.92. The molecule has 0 fully saturated rings. The maximum absolute atomic E-state index is 12.6. The molecule has 0 spiro atoms. The van der Waals surface area contributed by atoms with Crippen molar-refractivity contribution in [2.75, 3.05) is 17.1 Å². The summed E-state index contributed by atoms with van der Waals surface area (Å²) in [5.74, 6) is 0. The average Bonchev–Trinajstić information content (AvgIpc) is 2.39. The van der Waals surface area contributed by atoms with Crippen LogP contribution < -0.4 is 10.0 Å². The van der Waals surface area contributed by atoms with Gasteiger partial charge in [-0.05, 0) is 36.4 Å². The highest BCUT2D eigenvalue weighted by Crippen LogP contribution is 2.31. The van der Waals surface area contributed by atoms with Crippen LogP contribution in [0.4, 0.5) is 11.4 Å². The number of sulfonamides is 1. The van der Waals surface area contributed by atoms with Crippen molar-refractivity contribution in [3.8, 4) is 0 Å². The minimum Gasteiger partial charge on any atom is -0.397 e. The molecule has 0 atom stereocenters. The normalized spacial score (nSPS) is 11.4. The molecule has 0 radical (unpaired) electrons. The Kier molecular flexibility index (Phi) is 4.58. The van der Waals surface area contributed by atoms with Gasteiger partial charge in [-0.15, -0.1) is 0 Å². The molecule has 2 aromatic rings. The number of hydrogen-bond donors (Lipinski definition) is 1. The highest BCUT2D eigenvalue weighted by atomic mass is 35.5. The molecule has 0 aromatic heterocycles. The van der Waals surface area contributed by atoms with Crippen LogP contribution in [0, 0.1) is 0 Å². The monoisotopic (exact) mass is 364 g/mol. The summed E-state index contributed by atoms with van der Waals surface area (Å²) in [6.07, 6.45) is 0. The summed E-state index contributed by atoms with van der Waals surface area (Å²) in [5, 5.41) is 0.840. The summed E-state index contributed by atoms with van der Waals surface area (Å²) in [6, 6.07) is 8.68. The van der Waals surface area contributed by atoms with Gasteiger partial charge in [0.15, 0.2) is 0 Å². The van der Waals surface area contributed by atoms with Crippen LogP contribution in [0.15, 0.2) is 41.3 Å². The zero-order chi connectivity index (χ0) is 15.8. The Morgan fingerprint density at radius 3 is 2.10 bits per heavy atom. The molecule has 0 unspecified atom stereocenters. The topological polar surface area (TPSA) is 63.4 Å². The lowest BCUT2D eigenvalue weighted by Crippen LogP contribution is -2.27. The fraction of sp³-hybridized carbons (Fsp3) is 0.0769.